The highest BCUT2D eigenvalue weighted by atomic mass is 16.6. The molecule has 6 heteroatoms. The highest BCUT2D eigenvalue weighted by Crippen LogP contribution is 2.17. The van der Waals surface area contributed by atoms with Crippen LogP contribution in [0.1, 0.15) is 348 Å². The van der Waals surface area contributed by atoms with Crippen molar-refractivity contribution < 1.29 is 28.6 Å². The van der Waals surface area contributed by atoms with Gasteiger partial charge < -0.3 is 14.2 Å². The summed E-state index contributed by atoms with van der Waals surface area (Å²) in [5.74, 6) is -0.878. The van der Waals surface area contributed by atoms with Crippen LogP contribution in [0.25, 0.3) is 0 Å². The molecule has 0 N–H and O–H groups in total. The topological polar surface area (TPSA) is 78.9 Å². The molecule has 0 amide bonds. The minimum atomic E-state index is -0.782. The third kappa shape index (κ3) is 63.7. The molecule has 0 spiro atoms. The second-order valence-electron chi connectivity index (χ2n) is 22.7. The maximum Gasteiger partial charge on any atom is 0.306 e. The number of allylic oxidation sites excluding steroid dienone is 12. The molecule has 0 fully saturated rings. The van der Waals surface area contributed by atoms with Gasteiger partial charge >= 0.3 is 17.9 Å². The summed E-state index contributed by atoms with van der Waals surface area (Å²) >= 11 is 0. The summed E-state index contributed by atoms with van der Waals surface area (Å²) in [5, 5.41) is 0. The van der Waals surface area contributed by atoms with Crippen LogP contribution >= 0.6 is 0 Å². The van der Waals surface area contributed by atoms with Crippen LogP contribution in [0.2, 0.25) is 0 Å². The maximum absolute atomic E-state index is 12.9. The van der Waals surface area contributed by atoms with Gasteiger partial charge in [-0.15, -0.1) is 0 Å². The Bertz CT molecular complexity index is 1440. The van der Waals surface area contributed by atoms with Crippen molar-refractivity contribution in [2.75, 3.05) is 13.2 Å². The summed E-state index contributed by atoms with van der Waals surface area (Å²) in [6.07, 6.45) is 86.5. The maximum atomic E-state index is 12.9. The summed E-state index contributed by atoms with van der Waals surface area (Å²) in [5.41, 5.74) is 0. The van der Waals surface area contributed by atoms with E-state index >= 15 is 0 Å². The molecule has 78 heavy (non-hydrogen) atoms. The third-order valence-corrected chi connectivity index (χ3v) is 14.9. The fourth-order valence-electron chi connectivity index (χ4n) is 9.88. The van der Waals surface area contributed by atoms with E-state index in [1.807, 2.05) is 0 Å². The Kier molecular flexibility index (Phi) is 63.7. The molecule has 0 saturated heterocycles. The van der Waals surface area contributed by atoms with Crippen molar-refractivity contribution in [1.29, 1.82) is 0 Å². The number of esters is 3. The first-order valence-corrected chi connectivity index (χ1v) is 33.9. The van der Waals surface area contributed by atoms with Crippen LogP contribution < -0.4 is 0 Å². The molecule has 1 unspecified atom stereocenters. The molecule has 0 aromatic carbocycles. The van der Waals surface area contributed by atoms with E-state index in [0.717, 1.165) is 109 Å². The molecule has 0 aliphatic rings. The summed E-state index contributed by atoms with van der Waals surface area (Å²) in [6, 6.07) is 0. The van der Waals surface area contributed by atoms with Gasteiger partial charge in [0.1, 0.15) is 13.2 Å². The Morgan fingerprint density at radius 2 is 0.500 bits per heavy atom. The van der Waals surface area contributed by atoms with E-state index < -0.39 is 6.10 Å². The van der Waals surface area contributed by atoms with Crippen molar-refractivity contribution in [3.05, 3.63) is 72.9 Å². The molecule has 0 aromatic rings. The van der Waals surface area contributed by atoms with E-state index in [9.17, 15) is 14.4 Å². The van der Waals surface area contributed by atoms with Gasteiger partial charge in [-0.2, -0.15) is 0 Å². The van der Waals surface area contributed by atoms with E-state index in [2.05, 4.69) is 93.7 Å². The molecule has 6 nitrogen and oxygen atoms in total. The minimum Gasteiger partial charge on any atom is -0.462 e. The molecule has 452 valence electrons. The lowest BCUT2D eigenvalue weighted by Gasteiger charge is -2.18. The molecular weight excluding hydrogens is 961 g/mol. The lowest BCUT2D eigenvalue weighted by molar-refractivity contribution is -0.167. The van der Waals surface area contributed by atoms with Gasteiger partial charge in [0.15, 0.2) is 6.10 Å². The largest absolute Gasteiger partial charge is 0.462 e. The molecular formula is C72H128O6. The molecule has 0 aliphatic carbocycles. The number of unbranched alkanes of at least 4 members (excludes halogenated alkanes) is 39. The molecule has 0 saturated carbocycles. The quantitative estimate of drug-likeness (QED) is 0.0261. The standard InChI is InChI=1S/C72H128O6/c1-4-7-10-13-16-19-22-25-27-28-29-30-31-32-33-34-35-36-37-38-39-40-41-42-43-44-46-47-50-53-56-59-62-65-71(74)77-68-69(67-76-70(73)64-61-58-55-52-49-24-21-18-15-12-9-6-3)78-72(75)66-63-60-57-54-51-48-45-26-23-20-17-14-11-8-5-2/h8,11,17,20,22,25-26,28-29,31-32,45,69H,4-7,9-10,12-16,18-19,21,23-24,27,30,33-44,46-68H2,1-3H3/b11-8-,20-17-,25-22-,29-28-,32-31-,45-26-. The van der Waals surface area contributed by atoms with Crippen molar-refractivity contribution in [3.8, 4) is 0 Å². The van der Waals surface area contributed by atoms with Gasteiger partial charge in [0.2, 0.25) is 0 Å². The predicted octanol–water partition coefficient (Wildman–Crippen LogP) is 23.3. The first-order chi connectivity index (χ1) is 38.5. The fraction of sp³-hybridized carbons (Fsp3) is 0.792. The smallest absolute Gasteiger partial charge is 0.306 e. The number of hydrogen-bond donors (Lipinski definition) is 0. The normalized spacial score (nSPS) is 12.5. The zero-order valence-corrected chi connectivity index (χ0v) is 51.9. The summed E-state index contributed by atoms with van der Waals surface area (Å²) in [6.45, 7) is 6.54. The molecule has 0 rings (SSSR count). The van der Waals surface area contributed by atoms with Crippen molar-refractivity contribution in [3.63, 3.8) is 0 Å². The average molecular weight is 1090 g/mol. The monoisotopic (exact) mass is 1090 g/mol. The molecule has 1 atom stereocenters. The number of carbonyl (C=O) groups is 3. The van der Waals surface area contributed by atoms with E-state index in [4.69, 9.17) is 14.2 Å². The highest BCUT2D eigenvalue weighted by molar-refractivity contribution is 5.71. The van der Waals surface area contributed by atoms with E-state index in [0.29, 0.717) is 19.3 Å². The third-order valence-electron chi connectivity index (χ3n) is 14.9. The minimum absolute atomic E-state index is 0.0779. The lowest BCUT2D eigenvalue weighted by atomic mass is 10.0. The summed E-state index contributed by atoms with van der Waals surface area (Å²) < 4.78 is 16.9. The molecule has 0 bridgehead atoms. The number of hydrogen-bond acceptors (Lipinski definition) is 6. The Morgan fingerprint density at radius 1 is 0.269 bits per heavy atom. The zero-order valence-electron chi connectivity index (χ0n) is 51.9. The van der Waals surface area contributed by atoms with Gasteiger partial charge in [0.25, 0.3) is 0 Å². The first kappa shape index (κ1) is 74.8. The van der Waals surface area contributed by atoms with E-state index in [1.54, 1.807) is 0 Å². The Morgan fingerprint density at radius 3 is 0.782 bits per heavy atom. The molecule has 0 radical (unpaired) electrons. The Hall–Kier alpha value is -3.15. The van der Waals surface area contributed by atoms with Crippen molar-refractivity contribution in [2.45, 2.75) is 354 Å². The number of carbonyl (C=O) groups excluding carboxylic acids is 3. The van der Waals surface area contributed by atoms with E-state index in [-0.39, 0.29) is 31.1 Å². The lowest BCUT2D eigenvalue weighted by Crippen LogP contribution is -2.30. The van der Waals surface area contributed by atoms with E-state index in [1.165, 1.54) is 199 Å². The van der Waals surface area contributed by atoms with Gasteiger partial charge in [-0.05, 0) is 89.9 Å². The van der Waals surface area contributed by atoms with Crippen molar-refractivity contribution >= 4 is 17.9 Å². The van der Waals surface area contributed by atoms with Gasteiger partial charge in [-0.25, -0.2) is 0 Å². The Balaban J connectivity index is 4.11. The zero-order chi connectivity index (χ0) is 56.4. The second kappa shape index (κ2) is 66.4. The second-order valence-corrected chi connectivity index (χ2v) is 22.7. The van der Waals surface area contributed by atoms with Crippen LogP contribution in [-0.2, 0) is 28.6 Å². The number of ether oxygens (including phenoxy) is 3. The van der Waals surface area contributed by atoms with Crippen molar-refractivity contribution in [2.24, 2.45) is 0 Å². The first-order valence-electron chi connectivity index (χ1n) is 33.9. The van der Waals surface area contributed by atoms with Crippen LogP contribution in [0.4, 0.5) is 0 Å². The predicted molar refractivity (Wildman–Crippen MR) is 339 cm³/mol. The Labute approximate surface area is 484 Å². The average Bonchev–Trinajstić information content (AvgIpc) is 3.44. The van der Waals surface area contributed by atoms with Crippen LogP contribution in [0.3, 0.4) is 0 Å². The SMILES string of the molecule is CC/C=C\C/C=C\C/C=C\CCCCCCCC(=O)OC(COC(=O)CCCCCCCCCCCCCC)COC(=O)CCCCCCCCCCCCCCCCCCCC/C=C\C/C=C\C/C=C\CCCCCCC. The van der Waals surface area contributed by atoms with Crippen LogP contribution in [0, 0.1) is 0 Å². The van der Waals surface area contributed by atoms with Gasteiger partial charge in [-0.1, -0.05) is 312 Å². The van der Waals surface area contributed by atoms with Crippen LogP contribution in [0.15, 0.2) is 72.9 Å². The van der Waals surface area contributed by atoms with Crippen LogP contribution in [-0.4, -0.2) is 37.2 Å². The van der Waals surface area contributed by atoms with Crippen LogP contribution in [0.5, 0.6) is 0 Å². The van der Waals surface area contributed by atoms with Gasteiger partial charge in [0.05, 0.1) is 0 Å². The highest BCUT2D eigenvalue weighted by Gasteiger charge is 2.19. The van der Waals surface area contributed by atoms with Gasteiger partial charge in [-0.3, -0.25) is 14.4 Å². The summed E-state index contributed by atoms with van der Waals surface area (Å²) in [4.78, 5) is 38.3. The molecule has 0 heterocycles. The van der Waals surface area contributed by atoms with Gasteiger partial charge in [0, 0.05) is 19.3 Å². The number of rotatable bonds is 62. The van der Waals surface area contributed by atoms with Crippen molar-refractivity contribution in [1.82, 2.24) is 0 Å². The molecule has 0 aliphatic heterocycles. The summed E-state index contributed by atoms with van der Waals surface area (Å²) in [7, 11) is 0. The molecule has 0 aromatic heterocycles. The fourth-order valence-corrected chi connectivity index (χ4v) is 9.88.